The van der Waals surface area contributed by atoms with Crippen LogP contribution >= 0.6 is 15.9 Å². The van der Waals surface area contributed by atoms with Crippen molar-refractivity contribution >= 4 is 33.2 Å². The number of nitrogens with one attached hydrogen (secondary N) is 2. The lowest BCUT2D eigenvalue weighted by Gasteiger charge is -2.14. The van der Waals surface area contributed by atoms with Crippen LogP contribution in [-0.4, -0.2) is 11.9 Å². The third-order valence-electron chi connectivity index (χ3n) is 2.72. The quantitative estimate of drug-likeness (QED) is 0.864. The van der Waals surface area contributed by atoms with Gasteiger partial charge in [0.25, 0.3) is 5.91 Å². The second-order valence-corrected chi connectivity index (χ2v) is 5.72. The van der Waals surface area contributed by atoms with Gasteiger partial charge in [0.05, 0.1) is 5.56 Å². The number of amides is 1. The van der Waals surface area contributed by atoms with Gasteiger partial charge < -0.3 is 10.6 Å². The van der Waals surface area contributed by atoms with Gasteiger partial charge >= 0.3 is 0 Å². The summed E-state index contributed by atoms with van der Waals surface area (Å²) in [5, 5.41) is 6.18. The van der Waals surface area contributed by atoms with Crippen molar-refractivity contribution in [3.63, 3.8) is 0 Å². The number of benzene rings is 2. The predicted octanol–water partition coefficient (Wildman–Crippen LogP) is 4.52. The fraction of sp³-hybridized carbons (Fsp3) is 0.188. The fourth-order valence-electron chi connectivity index (χ4n) is 1.85. The highest BCUT2D eigenvalue weighted by Gasteiger charge is 2.11. The summed E-state index contributed by atoms with van der Waals surface area (Å²) in [4.78, 5) is 12.3. The minimum atomic E-state index is -0.115. The SMILES string of the molecule is CC(C)Nc1ccccc1C(=O)Nc1ccc(Br)cc1. The number of anilines is 2. The smallest absolute Gasteiger partial charge is 0.257 e. The molecule has 0 aliphatic rings. The summed E-state index contributed by atoms with van der Waals surface area (Å²) in [7, 11) is 0. The maximum absolute atomic E-state index is 12.3. The number of carbonyl (C=O) groups excluding carboxylic acids is 1. The second-order valence-electron chi connectivity index (χ2n) is 4.81. The minimum Gasteiger partial charge on any atom is -0.382 e. The molecule has 0 aliphatic heterocycles. The van der Waals surface area contributed by atoms with Crippen molar-refractivity contribution in [2.45, 2.75) is 19.9 Å². The van der Waals surface area contributed by atoms with Crippen LogP contribution in [0, 0.1) is 0 Å². The fourth-order valence-corrected chi connectivity index (χ4v) is 2.11. The van der Waals surface area contributed by atoms with Crippen LogP contribution in [0.15, 0.2) is 53.0 Å². The van der Waals surface area contributed by atoms with Crippen LogP contribution in [0.3, 0.4) is 0 Å². The Balaban J connectivity index is 2.18. The second kappa shape index (κ2) is 6.57. The standard InChI is InChI=1S/C16H17BrN2O/c1-11(2)18-15-6-4-3-5-14(15)16(20)19-13-9-7-12(17)8-10-13/h3-11,18H,1-2H3,(H,19,20). The molecule has 0 heterocycles. The Morgan fingerprint density at radius 1 is 1.05 bits per heavy atom. The van der Waals surface area contributed by atoms with Crippen LogP contribution in [0.1, 0.15) is 24.2 Å². The van der Waals surface area contributed by atoms with Gasteiger partial charge in [0.15, 0.2) is 0 Å². The van der Waals surface area contributed by atoms with E-state index in [1.165, 1.54) is 0 Å². The van der Waals surface area contributed by atoms with E-state index in [1.807, 2.05) is 62.4 Å². The first-order valence-corrected chi connectivity index (χ1v) is 7.28. The highest BCUT2D eigenvalue weighted by molar-refractivity contribution is 9.10. The highest BCUT2D eigenvalue weighted by Crippen LogP contribution is 2.19. The molecule has 0 saturated heterocycles. The molecule has 2 rings (SSSR count). The lowest BCUT2D eigenvalue weighted by Crippen LogP contribution is -2.17. The average Bonchev–Trinajstić information content (AvgIpc) is 2.41. The third kappa shape index (κ3) is 3.84. The predicted molar refractivity (Wildman–Crippen MR) is 87.3 cm³/mol. The van der Waals surface area contributed by atoms with E-state index in [0.29, 0.717) is 5.56 Å². The number of rotatable bonds is 4. The first-order valence-electron chi connectivity index (χ1n) is 6.49. The van der Waals surface area contributed by atoms with E-state index in [2.05, 4.69) is 26.6 Å². The van der Waals surface area contributed by atoms with Gasteiger partial charge in [0.2, 0.25) is 0 Å². The van der Waals surface area contributed by atoms with E-state index in [-0.39, 0.29) is 11.9 Å². The molecular formula is C16H17BrN2O. The third-order valence-corrected chi connectivity index (χ3v) is 3.25. The molecule has 0 saturated carbocycles. The summed E-state index contributed by atoms with van der Waals surface area (Å²) in [6.45, 7) is 4.09. The zero-order valence-corrected chi connectivity index (χ0v) is 13.1. The Kier molecular flexibility index (Phi) is 4.79. The number of halogens is 1. The molecule has 2 N–H and O–H groups in total. The Morgan fingerprint density at radius 3 is 2.35 bits per heavy atom. The first kappa shape index (κ1) is 14.6. The molecule has 0 radical (unpaired) electrons. The van der Waals surface area contributed by atoms with Gasteiger partial charge in [-0.2, -0.15) is 0 Å². The van der Waals surface area contributed by atoms with Crippen LogP contribution in [0.25, 0.3) is 0 Å². The zero-order valence-electron chi connectivity index (χ0n) is 11.5. The van der Waals surface area contributed by atoms with Crippen molar-refractivity contribution in [2.24, 2.45) is 0 Å². The highest BCUT2D eigenvalue weighted by atomic mass is 79.9. The molecule has 0 aliphatic carbocycles. The molecule has 2 aromatic rings. The van der Waals surface area contributed by atoms with Crippen LogP contribution in [0.4, 0.5) is 11.4 Å². The van der Waals surface area contributed by atoms with Gasteiger partial charge in [0.1, 0.15) is 0 Å². The van der Waals surface area contributed by atoms with Crippen LogP contribution in [0.5, 0.6) is 0 Å². The topological polar surface area (TPSA) is 41.1 Å². The molecular weight excluding hydrogens is 316 g/mol. The van der Waals surface area contributed by atoms with Gasteiger partial charge in [-0.15, -0.1) is 0 Å². The van der Waals surface area contributed by atoms with E-state index >= 15 is 0 Å². The maximum Gasteiger partial charge on any atom is 0.257 e. The number of carbonyl (C=O) groups is 1. The van der Waals surface area contributed by atoms with Crippen molar-refractivity contribution in [1.82, 2.24) is 0 Å². The molecule has 1 amide bonds. The molecule has 0 atom stereocenters. The van der Waals surface area contributed by atoms with Crippen molar-refractivity contribution < 1.29 is 4.79 Å². The summed E-state index contributed by atoms with van der Waals surface area (Å²) in [5.41, 5.74) is 2.26. The molecule has 0 unspecified atom stereocenters. The molecule has 0 spiro atoms. The summed E-state index contributed by atoms with van der Waals surface area (Å²) in [5.74, 6) is -0.115. The lowest BCUT2D eigenvalue weighted by molar-refractivity contribution is 0.102. The van der Waals surface area contributed by atoms with Crippen LogP contribution in [-0.2, 0) is 0 Å². The summed E-state index contributed by atoms with van der Waals surface area (Å²) < 4.78 is 0.984. The van der Waals surface area contributed by atoms with Crippen LogP contribution < -0.4 is 10.6 Å². The van der Waals surface area contributed by atoms with Gasteiger partial charge in [-0.1, -0.05) is 28.1 Å². The molecule has 0 bridgehead atoms. The Morgan fingerprint density at radius 2 is 1.70 bits per heavy atom. The van der Waals surface area contributed by atoms with Crippen molar-refractivity contribution in [2.75, 3.05) is 10.6 Å². The van der Waals surface area contributed by atoms with E-state index < -0.39 is 0 Å². The van der Waals surface area contributed by atoms with Gasteiger partial charge in [-0.3, -0.25) is 4.79 Å². The van der Waals surface area contributed by atoms with E-state index in [9.17, 15) is 4.79 Å². The van der Waals surface area contributed by atoms with E-state index in [4.69, 9.17) is 0 Å². The summed E-state index contributed by atoms with van der Waals surface area (Å²) >= 11 is 3.37. The van der Waals surface area contributed by atoms with Gasteiger partial charge in [0, 0.05) is 21.9 Å². The van der Waals surface area contributed by atoms with E-state index in [1.54, 1.807) is 0 Å². The maximum atomic E-state index is 12.3. The van der Waals surface area contributed by atoms with Crippen LogP contribution in [0.2, 0.25) is 0 Å². The molecule has 20 heavy (non-hydrogen) atoms. The van der Waals surface area contributed by atoms with Gasteiger partial charge in [-0.25, -0.2) is 0 Å². The molecule has 0 aromatic heterocycles. The average molecular weight is 333 g/mol. The number of para-hydroxylation sites is 1. The minimum absolute atomic E-state index is 0.115. The molecule has 4 heteroatoms. The summed E-state index contributed by atoms with van der Waals surface area (Å²) in [6, 6.07) is 15.3. The monoisotopic (exact) mass is 332 g/mol. The lowest BCUT2D eigenvalue weighted by atomic mass is 10.1. The summed E-state index contributed by atoms with van der Waals surface area (Å²) in [6.07, 6.45) is 0. The zero-order chi connectivity index (χ0) is 14.5. The first-order chi connectivity index (χ1) is 9.56. The molecule has 104 valence electrons. The van der Waals surface area contributed by atoms with Crippen molar-refractivity contribution in [1.29, 1.82) is 0 Å². The van der Waals surface area contributed by atoms with E-state index in [0.717, 1.165) is 15.8 Å². The largest absolute Gasteiger partial charge is 0.382 e. The van der Waals surface area contributed by atoms with Crippen molar-refractivity contribution in [3.8, 4) is 0 Å². The normalized spacial score (nSPS) is 10.4. The molecule has 3 nitrogen and oxygen atoms in total. The number of hydrogen-bond acceptors (Lipinski definition) is 2. The van der Waals surface area contributed by atoms with Crippen molar-refractivity contribution in [3.05, 3.63) is 58.6 Å². The Hall–Kier alpha value is -1.81. The molecule has 0 fully saturated rings. The Labute approximate surface area is 127 Å². The number of hydrogen-bond donors (Lipinski definition) is 2. The Bertz CT molecular complexity index is 594. The molecule has 2 aromatic carbocycles. The van der Waals surface area contributed by atoms with Gasteiger partial charge in [-0.05, 0) is 50.2 Å².